The van der Waals surface area contributed by atoms with Crippen molar-refractivity contribution in [2.75, 3.05) is 0 Å². The van der Waals surface area contributed by atoms with E-state index >= 15 is 0 Å². The van der Waals surface area contributed by atoms with E-state index in [0.29, 0.717) is 12.8 Å². The molecule has 0 saturated heterocycles. The number of carbonyl (C=O) groups excluding carboxylic acids is 1. The van der Waals surface area contributed by atoms with Crippen molar-refractivity contribution in [3.8, 4) is 0 Å². The van der Waals surface area contributed by atoms with Crippen molar-refractivity contribution >= 4 is 40.8 Å². The number of unbranched alkanes of at least 4 members (excludes halogenated alkanes) is 3. The summed E-state index contributed by atoms with van der Waals surface area (Å²) in [4.78, 5) is 10.9. The van der Waals surface area contributed by atoms with Gasteiger partial charge in [-0.05, 0) is 25.7 Å². The van der Waals surface area contributed by atoms with Gasteiger partial charge < -0.3 is 4.74 Å². The average Bonchev–Trinajstić information content (AvgIpc) is 2.18. The number of ether oxygens (including phenoxy) is 1. The Balaban J connectivity index is 3.92. The molecule has 5 heteroatoms. The van der Waals surface area contributed by atoms with Gasteiger partial charge in [0.2, 0.25) is 0 Å². The molecule has 0 spiro atoms. The fourth-order valence-corrected chi connectivity index (χ4v) is 1.95. The quantitative estimate of drug-likeness (QED) is 0.357. The van der Waals surface area contributed by atoms with Crippen LogP contribution in [0, 0.1) is 0 Å². The average molecular weight is 304 g/mol. The Bertz CT molecular complexity index is 214. The van der Waals surface area contributed by atoms with Crippen LogP contribution in [0.1, 0.15) is 58.8 Å². The van der Waals surface area contributed by atoms with E-state index in [4.69, 9.17) is 39.5 Å². The summed E-state index contributed by atoms with van der Waals surface area (Å²) in [7, 11) is 0. The number of hydrogen-bond donors (Lipinski definition) is 0. The molecule has 1 atom stereocenters. The van der Waals surface area contributed by atoms with E-state index in [2.05, 4.69) is 6.92 Å². The minimum Gasteiger partial charge on any atom is -0.463 e. The van der Waals surface area contributed by atoms with E-state index in [1.165, 1.54) is 19.8 Å². The molecule has 2 nitrogen and oxygen atoms in total. The van der Waals surface area contributed by atoms with E-state index in [1.807, 2.05) is 0 Å². The third-order valence-electron chi connectivity index (χ3n) is 2.46. The van der Waals surface area contributed by atoms with Crippen molar-refractivity contribution < 1.29 is 9.53 Å². The summed E-state index contributed by atoms with van der Waals surface area (Å²) in [6, 6.07) is 0. The fourth-order valence-electron chi connectivity index (χ4n) is 1.62. The van der Waals surface area contributed by atoms with Crippen molar-refractivity contribution in [3.63, 3.8) is 0 Å². The van der Waals surface area contributed by atoms with Crippen LogP contribution >= 0.6 is 34.8 Å². The van der Waals surface area contributed by atoms with Gasteiger partial charge in [0.05, 0.1) is 0 Å². The molecule has 0 aromatic rings. The lowest BCUT2D eigenvalue weighted by molar-refractivity contribution is -0.147. The normalized spacial score (nSPS) is 13.5. The van der Waals surface area contributed by atoms with Gasteiger partial charge >= 0.3 is 5.97 Å². The second-order valence-corrected chi connectivity index (χ2v) is 6.75. The second kappa shape index (κ2) is 9.29. The number of alkyl halides is 3. The largest absolute Gasteiger partial charge is 0.463 e. The van der Waals surface area contributed by atoms with Crippen LogP contribution in [-0.2, 0) is 9.53 Å². The summed E-state index contributed by atoms with van der Waals surface area (Å²) in [5, 5.41) is 0. The molecule has 0 fully saturated rings. The molecule has 0 rings (SSSR count). The Hall–Kier alpha value is 0.340. The van der Waals surface area contributed by atoms with Gasteiger partial charge in [0.15, 0.2) is 3.79 Å². The van der Waals surface area contributed by atoms with Crippen LogP contribution in [-0.4, -0.2) is 15.9 Å². The van der Waals surface area contributed by atoms with Crippen LogP contribution in [0.2, 0.25) is 0 Å². The van der Waals surface area contributed by atoms with Gasteiger partial charge in [-0.1, -0.05) is 61.0 Å². The van der Waals surface area contributed by atoms with Crippen molar-refractivity contribution in [1.29, 1.82) is 0 Å². The zero-order chi connectivity index (χ0) is 13.3. The first kappa shape index (κ1) is 17.3. The van der Waals surface area contributed by atoms with Crippen LogP contribution in [0.15, 0.2) is 0 Å². The third kappa shape index (κ3) is 12.6. The molecular weight excluding hydrogens is 282 g/mol. The number of carbonyl (C=O) groups is 1. The highest BCUT2D eigenvalue weighted by atomic mass is 35.6. The zero-order valence-electron chi connectivity index (χ0n) is 10.5. The van der Waals surface area contributed by atoms with Crippen LogP contribution in [0.25, 0.3) is 0 Å². The molecule has 0 N–H and O–H groups in total. The molecule has 0 saturated carbocycles. The Morgan fingerprint density at radius 1 is 1.18 bits per heavy atom. The van der Waals surface area contributed by atoms with Gasteiger partial charge in [0.25, 0.3) is 0 Å². The first-order chi connectivity index (χ1) is 7.85. The van der Waals surface area contributed by atoms with Gasteiger partial charge in [0.1, 0.15) is 6.10 Å². The van der Waals surface area contributed by atoms with Gasteiger partial charge in [-0.2, -0.15) is 0 Å². The molecule has 0 aromatic carbocycles. The summed E-state index contributed by atoms with van der Waals surface area (Å²) in [6.45, 7) is 3.57. The van der Waals surface area contributed by atoms with Crippen LogP contribution < -0.4 is 0 Å². The molecule has 1 unspecified atom stereocenters. The maximum absolute atomic E-state index is 10.9. The molecular formula is C12H21Cl3O2. The fraction of sp³-hybridized carbons (Fsp3) is 0.917. The van der Waals surface area contributed by atoms with Crippen LogP contribution in [0.5, 0.6) is 0 Å². The highest BCUT2D eigenvalue weighted by molar-refractivity contribution is 6.67. The Morgan fingerprint density at radius 3 is 2.29 bits per heavy atom. The highest BCUT2D eigenvalue weighted by Crippen LogP contribution is 2.32. The lowest BCUT2D eigenvalue weighted by Gasteiger charge is -2.19. The highest BCUT2D eigenvalue weighted by Gasteiger charge is 2.22. The van der Waals surface area contributed by atoms with Gasteiger partial charge in [0, 0.05) is 6.92 Å². The summed E-state index contributed by atoms with van der Waals surface area (Å²) in [5.74, 6) is -0.269. The zero-order valence-corrected chi connectivity index (χ0v) is 12.7. The lowest BCUT2D eigenvalue weighted by atomic mass is 10.1. The molecule has 0 bridgehead atoms. The Morgan fingerprint density at radius 2 is 1.82 bits per heavy atom. The number of halogens is 3. The van der Waals surface area contributed by atoms with Gasteiger partial charge in [-0.25, -0.2) is 0 Å². The SMILES string of the molecule is CCCCCCC(CCC(Cl)(Cl)Cl)OC(C)=O. The Labute approximate surface area is 119 Å². The molecule has 0 aliphatic carbocycles. The first-order valence-electron chi connectivity index (χ1n) is 6.09. The topological polar surface area (TPSA) is 26.3 Å². The van der Waals surface area contributed by atoms with E-state index in [1.54, 1.807) is 0 Å². The second-order valence-electron chi connectivity index (χ2n) is 4.23. The first-order valence-corrected chi connectivity index (χ1v) is 7.22. The molecule has 17 heavy (non-hydrogen) atoms. The monoisotopic (exact) mass is 302 g/mol. The minimum absolute atomic E-state index is 0.125. The number of hydrogen-bond acceptors (Lipinski definition) is 2. The van der Waals surface area contributed by atoms with Crippen molar-refractivity contribution in [2.24, 2.45) is 0 Å². The summed E-state index contributed by atoms with van der Waals surface area (Å²) >= 11 is 17.1. The van der Waals surface area contributed by atoms with E-state index in [9.17, 15) is 4.79 Å². The minimum atomic E-state index is -1.26. The predicted molar refractivity (Wildman–Crippen MR) is 73.8 cm³/mol. The molecule has 0 aromatic heterocycles. The van der Waals surface area contributed by atoms with Crippen molar-refractivity contribution in [2.45, 2.75) is 68.7 Å². The van der Waals surface area contributed by atoms with Crippen molar-refractivity contribution in [1.82, 2.24) is 0 Å². The molecule has 0 amide bonds. The third-order valence-corrected chi connectivity index (χ3v) is 3.03. The summed E-state index contributed by atoms with van der Waals surface area (Å²) in [6.07, 6.45) is 6.32. The van der Waals surface area contributed by atoms with Gasteiger partial charge in [-0.15, -0.1) is 0 Å². The Kier molecular flexibility index (Phi) is 9.48. The maximum Gasteiger partial charge on any atom is 0.302 e. The van der Waals surface area contributed by atoms with E-state index < -0.39 is 3.79 Å². The number of esters is 1. The standard InChI is InChI=1S/C12H21Cl3O2/c1-3-4-5-6-7-11(17-10(2)16)8-9-12(13,14)15/h11H,3-9H2,1-2H3. The maximum atomic E-state index is 10.9. The lowest BCUT2D eigenvalue weighted by Crippen LogP contribution is -2.19. The van der Waals surface area contributed by atoms with Crippen LogP contribution in [0.4, 0.5) is 0 Å². The molecule has 0 heterocycles. The van der Waals surface area contributed by atoms with Gasteiger partial charge in [-0.3, -0.25) is 4.79 Å². The smallest absolute Gasteiger partial charge is 0.302 e. The molecule has 0 radical (unpaired) electrons. The summed E-state index contributed by atoms with van der Waals surface area (Å²) in [5.41, 5.74) is 0. The molecule has 102 valence electrons. The predicted octanol–water partition coefficient (Wildman–Crippen LogP) is 5.04. The number of rotatable bonds is 8. The van der Waals surface area contributed by atoms with E-state index in [-0.39, 0.29) is 12.1 Å². The van der Waals surface area contributed by atoms with Crippen molar-refractivity contribution in [3.05, 3.63) is 0 Å². The molecule has 0 aliphatic rings. The van der Waals surface area contributed by atoms with E-state index in [0.717, 1.165) is 19.3 Å². The van der Waals surface area contributed by atoms with Crippen LogP contribution in [0.3, 0.4) is 0 Å². The summed E-state index contributed by atoms with van der Waals surface area (Å²) < 4.78 is 3.95. The molecule has 0 aliphatic heterocycles.